The quantitative estimate of drug-likeness (QED) is 0.662. The van der Waals surface area contributed by atoms with Crippen molar-refractivity contribution < 1.29 is 14.6 Å². The highest BCUT2D eigenvalue weighted by atomic mass is 16.5. The Morgan fingerprint density at radius 3 is 2.86 bits per heavy atom. The molecular formula is C10H19NO3. The predicted molar refractivity (Wildman–Crippen MR) is 52.9 cm³/mol. The van der Waals surface area contributed by atoms with Gasteiger partial charge < -0.3 is 9.84 Å². The first-order chi connectivity index (χ1) is 6.61. The number of carbonyl (C=O) groups is 1. The molecule has 4 nitrogen and oxygen atoms in total. The van der Waals surface area contributed by atoms with Gasteiger partial charge in [-0.25, -0.2) is 0 Å². The first-order valence-corrected chi connectivity index (χ1v) is 5.14. The molecule has 1 saturated heterocycles. The molecule has 0 radical (unpaired) electrons. The van der Waals surface area contributed by atoms with Crippen molar-refractivity contribution in [1.82, 2.24) is 4.90 Å². The summed E-state index contributed by atoms with van der Waals surface area (Å²) in [6, 6.07) is 0. The van der Waals surface area contributed by atoms with Crippen molar-refractivity contribution >= 4 is 5.97 Å². The van der Waals surface area contributed by atoms with E-state index >= 15 is 0 Å². The molecular weight excluding hydrogens is 182 g/mol. The SMILES string of the molecule is CC(C)OC(=O)CN1CCC(CO)C1. The summed E-state index contributed by atoms with van der Waals surface area (Å²) in [5, 5.41) is 8.92. The highest BCUT2D eigenvalue weighted by Gasteiger charge is 2.23. The molecule has 1 heterocycles. The van der Waals surface area contributed by atoms with Gasteiger partial charge in [0.25, 0.3) is 0 Å². The molecule has 1 atom stereocenters. The van der Waals surface area contributed by atoms with Gasteiger partial charge in [0.05, 0.1) is 12.6 Å². The minimum atomic E-state index is -0.168. The Kier molecular flexibility index (Phi) is 4.35. The normalized spacial score (nSPS) is 23.0. The number of aliphatic hydroxyl groups is 1. The summed E-state index contributed by atoms with van der Waals surface area (Å²) in [6.07, 6.45) is 0.935. The topological polar surface area (TPSA) is 49.8 Å². The second kappa shape index (κ2) is 5.32. The molecule has 14 heavy (non-hydrogen) atoms. The summed E-state index contributed by atoms with van der Waals surface area (Å²) in [4.78, 5) is 13.3. The van der Waals surface area contributed by atoms with Gasteiger partial charge in [-0.2, -0.15) is 0 Å². The first kappa shape index (κ1) is 11.5. The fraction of sp³-hybridized carbons (Fsp3) is 0.900. The molecule has 1 N–H and O–H groups in total. The lowest BCUT2D eigenvalue weighted by Gasteiger charge is -2.15. The van der Waals surface area contributed by atoms with Crippen LogP contribution in [-0.4, -0.2) is 48.3 Å². The highest BCUT2D eigenvalue weighted by molar-refractivity contribution is 5.71. The van der Waals surface area contributed by atoms with Crippen LogP contribution in [0.1, 0.15) is 20.3 Å². The van der Waals surface area contributed by atoms with Crippen molar-refractivity contribution in [2.75, 3.05) is 26.2 Å². The van der Waals surface area contributed by atoms with Crippen molar-refractivity contribution in [1.29, 1.82) is 0 Å². The number of carbonyl (C=O) groups excluding carboxylic acids is 1. The zero-order valence-electron chi connectivity index (χ0n) is 8.90. The van der Waals surface area contributed by atoms with Crippen molar-refractivity contribution in [3.63, 3.8) is 0 Å². The van der Waals surface area contributed by atoms with Gasteiger partial charge in [-0.15, -0.1) is 0 Å². The average molecular weight is 201 g/mol. The fourth-order valence-corrected chi connectivity index (χ4v) is 1.69. The van der Waals surface area contributed by atoms with Crippen LogP contribution in [0, 0.1) is 5.92 Å². The average Bonchev–Trinajstić information content (AvgIpc) is 2.50. The van der Waals surface area contributed by atoms with Crippen LogP contribution in [0.5, 0.6) is 0 Å². The van der Waals surface area contributed by atoms with Crippen LogP contribution in [0.3, 0.4) is 0 Å². The lowest BCUT2D eigenvalue weighted by Crippen LogP contribution is -2.30. The molecule has 1 unspecified atom stereocenters. The van der Waals surface area contributed by atoms with E-state index in [4.69, 9.17) is 9.84 Å². The van der Waals surface area contributed by atoms with E-state index in [9.17, 15) is 4.79 Å². The number of likely N-dealkylation sites (tertiary alicyclic amines) is 1. The third-order valence-corrected chi connectivity index (χ3v) is 2.35. The van der Waals surface area contributed by atoms with E-state index in [-0.39, 0.29) is 18.7 Å². The number of esters is 1. The van der Waals surface area contributed by atoms with Crippen LogP contribution in [0.15, 0.2) is 0 Å². The van der Waals surface area contributed by atoms with Crippen LogP contribution in [-0.2, 0) is 9.53 Å². The number of rotatable bonds is 4. The van der Waals surface area contributed by atoms with E-state index < -0.39 is 0 Å². The van der Waals surface area contributed by atoms with Gasteiger partial charge in [0.15, 0.2) is 0 Å². The molecule has 0 amide bonds. The summed E-state index contributed by atoms with van der Waals surface area (Å²) in [6.45, 7) is 5.96. The van der Waals surface area contributed by atoms with Crippen LogP contribution in [0.25, 0.3) is 0 Å². The molecule has 0 aromatic heterocycles. The van der Waals surface area contributed by atoms with Crippen molar-refractivity contribution in [3.05, 3.63) is 0 Å². The second-order valence-electron chi connectivity index (χ2n) is 4.11. The van der Waals surface area contributed by atoms with Gasteiger partial charge in [-0.3, -0.25) is 9.69 Å². The number of hydrogen-bond acceptors (Lipinski definition) is 4. The van der Waals surface area contributed by atoms with Crippen molar-refractivity contribution in [2.45, 2.75) is 26.4 Å². The molecule has 0 aromatic carbocycles. The second-order valence-corrected chi connectivity index (χ2v) is 4.11. The van der Waals surface area contributed by atoms with E-state index in [0.29, 0.717) is 12.5 Å². The lowest BCUT2D eigenvalue weighted by atomic mass is 10.1. The number of aliphatic hydroxyl groups excluding tert-OH is 1. The molecule has 1 aliphatic rings. The first-order valence-electron chi connectivity index (χ1n) is 5.14. The van der Waals surface area contributed by atoms with E-state index in [2.05, 4.69) is 0 Å². The monoisotopic (exact) mass is 201 g/mol. The summed E-state index contributed by atoms with van der Waals surface area (Å²) in [5.74, 6) is 0.167. The largest absolute Gasteiger partial charge is 0.462 e. The third kappa shape index (κ3) is 3.64. The molecule has 1 rings (SSSR count). The highest BCUT2D eigenvalue weighted by Crippen LogP contribution is 2.14. The molecule has 0 aromatic rings. The summed E-state index contributed by atoms with van der Waals surface area (Å²) < 4.78 is 5.04. The summed E-state index contributed by atoms with van der Waals surface area (Å²) in [7, 11) is 0. The van der Waals surface area contributed by atoms with E-state index in [1.807, 2.05) is 18.7 Å². The fourth-order valence-electron chi connectivity index (χ4n) is 1.69. The van der Waals surface area contributed by atoms with Crippen LogP contribution < -0.4 is 0 Å². The van der Waals surface area contributed by atoms with E-state index in [1.165, 1.54) is 0 Å². The Morgan fingerprint density at radius 1 is 1.64 bits per heavy atom. The maximum Gasteiger partial charge on any atom is 0.320 e. The van der Waals surface area contributed by atoms with Crippen molar-refractivity contribution in [3.8, 4) is 0 Å². The molecule has 1 fully saturated rings. The minimum Gasteiger partial charge on any atom is -0.462 e. The van der Waals surface area contributed by atoms with E-state index in [0.717, 1.165) is 19.5 Å². The molecule has 0 spiro atoms. The molecule has 82 valence electrons. The molecule has 0 saturated carbocycles. The van der Waals surface area contributed by atoms with Gasteiger partial charge >= 0.3 is 5.97 Å². The van der Waals surface area contributed by atoms with Crippen LogP contribution in [0.4, 0.5) is 0 Å². The Labute approximate surface area is 84.8 Å². The van der Waals surface area contributed by atoms with Gasteiger partial charge in [-0.1, -0.05) is 0 Å². The Morgan fingerprint density at radius 2 is 2.36 bits per heavy atom. The maximum atomic E-state index is 11.3. The summed E-state index contributed by atoms with van der Waals surface area (Å²) >= 11 is 0. The molecule has 4 heteroatoms. The van der Waals surface area contributed by atoms with Gasteiger partial charge in [0.1, 0.15) is 0 Å². The zero-order valence-corrected chi connectivity index (χ0v) is 8.90. The molecule has 0 bridgehead atoms. The predicted octanol–water partition coefficient (Wildman–Crippen LogP) is 0.252. The Balaban J connectivity index is 2.22. The van der Waals surface area contributed by atoms with Gasteiger partial charge in [-0.05, 0) is 32.7 Å². The zero-order chi connectivity index (χ0) is 10.6. The Hall–Kier alpha value is -0.610. The van der Waals surface area contributed by atoms with Crippen LogP contribution >= 0.6 is 0 Å². The molecule has 1 aliphatic heterocycles. The van der Waals surface area contributed by atoms with E-state index in [1.54, 1.807) is 0 Å². The number of ether oxygens (including phenoxy) is 1. The van der Waals surface area contributed by atoms with Gasteiger partial charge in [0, 0.05) is 13.2 Å². The number of hydrogen-bond donors (Lipinski definition) is 1. The third-order valence-electron chi connectivity index (χ3n) is 2.35. The smallest absolute Gasteiger partial charge is 0.320 e. The maximum absolute atomic E-state index is 11.3. The van der Waals surface area contributed by atoms with Crippen LogP contribution in [0.2, 0.25) is 0 Å². The minimum absolute atomic E-state index is 0.0428. The number of nitrogens with zero attached hydrogens (tertiary/aromatic N) is 1. The van der Waals surface area contributed by atoms with Crippen molar-refractivity contribution in [2.24, 2.45) is 5.92 Å². The summed E-state index contributed by atoms with van der Waals surface area (Å²) in [5.41, 5.74) is 0. The standard InChI is InChI=1S/C10H19NO3/c1-8(2)14-10(13)6-11-4-3-9(5-11)7-12/h8-9,12H,3-7H2,1-2H3. The molecule has 0 aliphatic carbocycles. The Bertz CT molecular complexity index is 194. The van der Waals surface area contributed by atoms with Gasteiger partial charge in [0.2, 0.25) is 0 Å². The lowest BCUT2D eigenvalue weighted by molar-refractivity contribution is -0.148.